The molecule has 0 unspecified atom stereocenters. The molecule has 1 aliphatic heterocycles. The van der Waals surface area contributed by atoms with Gasteiger partial charge >= 0.3 is 5.97 Å². The van der Waals surface area contributed by atoms with Crippen molar-refractivity contribution in [2.24, 2.45) is 39.4 Å². The minimum absolute atomic E-state index is 0.00639. The van der Waals surface area contributed by atoms with Gasteiger partial charge in [0.2, 0.25) is 0 Å². The highest BCUT2D eigenvalue weighted by molar-refractivity contribution is 6.10. The summed E-state index contributed by atoms with van der Waals surface area (Å²) in [5.41, 5.74) is -0.479. The van der Waals surface area contributed by atoms with E-state index < -0.39 is 33.6 Å². The number of hydrogen-bond acceptors (Lipinski definition) is 7. The largest absolute Gasteiger partial charge is 0.497 e. The van der Waals surface area contributed by atoms with Gasteiger partial charge in [0.15, 0.2) is 11.4 Å². The van der Waals surface area contributed by atoms with E-state index in [0.29, 0.717) is 86.1 Å². The minimum atomic E-state index is -1.28. The molecule has 0 aromatic heterocycles. The van der Waals surface area contributed by atoms with Crippen LogP contribution < -0.4 is 4.74 Å². The second-order valence-corrected chi connectivity index (χ2v) is 21.8. The predicted molar refractivity (Wildman–Crippen MR) is 227 cm³/mol. The average Bonchev–Trinajstić information content (AvgIpc) is 3.62. The number of amides is 1. The van der Waals surface area contributed by atoms with Gasteiger partial charge in [-0.15, -0.1) is 0 Å². The molecule has 2 aromatic rings. The van der Waals surface area contributed by atoms with Crippen molar-refractivity contribution in [3.63, 3.8) is 0 Å². The molecule has 1 heterocycles. The molecule has 2 N–H and O–H groups in total. The molecule has 59 heavy (non-hydrogen) atoms. The number of allylic oxidation sites excluding steroid dienone is 2. The number of rotatable bonds is 8. The molecule has 11 rings (SSSR count). The number of aliphatic hydroxyl groups excluding tert-OH is 1. The zero-order chi connectivity index (χ0) is 41.8. The summed E-state index contributed by atoms with van der Waals surface area (Å²) in [5, 5.41) is 24.7. The van der Waals surface area contributed by atoms with Gasteiger partial charge in [0.1, 0.15) is 5.75 Å². The molecular weight excluding hydrogens is 739 g/mol. The molecule has 0 radical (unpaired) electrons. The molecule has 2 aromatic carbocycles. The Labute approximate surface area is 351 Å². The van der Waals surface area contributed by atoms with E-state index in [1.807, 2.05) is 43.9 Å². The normalized spacial score (nSPS) is 39.4. The fourth-order valence-electron chi connectivity index (χ4n) is 14.5. The fourth-order valence-corrected chi connectivity index (χ4v) is 14.5. The highest BCUT2D eigenvalue weighted by Crippen LogP contribution is 2.67. The van der Waals surface area contributed by atoms with Crippen molar-refractivity contribution >= 4 is 17.7 Å². The fraction of sp³-hybridized carbons (Fsp3) is 0.667. The first-order valence-corrected chi connectivity index (χ1v) is 22.8. The second kappa shape index (κ2) is 14.3. The predicted octanol–water partition coefficient (Wildman–Crippen LogP) is 9.13. The van der Waals surface area contributed by atoms with Crippen molar-refractivity contribution in [3.8, 4) is 5.75 Å². The van der Waals surface area contributed by atoms with Crippen LogP contribution in [0.25, 0.3) is 0 Å². The van der Waals surface area contributed by atoms with Crippen LogP contribution >= 0.6 is 0 Å². The molecule has 1 amide bonds. The summed E-state index contributed by atoms with van der Waals surface area (Å²) in [5.74, 6) is 2.11. The Balaban J connectivity index is 1.13. The Bertz CT molecular complexity index is 2020. The van der Waals surface area contributed by atoms with Gasteiger partial charge in [-0.25, -0.2) is 0 Å². The number of ketones is 1. The van der Waals surface area contributed by atoms with Gasteiger partial charge in [-0.3, -0.25) is 14.4 Å². The number of benzene rings is 2. The van der Waals surface area contributed by atoms with E-state index in [4.69, 9.17) is 9.47 Å². The number of esters is 1. The zero-order valence-corrected chi connectivity index (χ0v) is 36.4. The van der Waals surface area contributed by atoms with Crippen molar-refractivity contribution in [1.29, 1.82) is 0 Å². The molecule has 318 valence electrons. The van der Waals surface area contributed by atoms with Crippen LogP contribution in [0, 0.1) is 39.4 Å². The summed E-state index contributed by atoms with van der Waals surface area (Å²) in [7, 11) is 1.61. The lowest BCUT2D eigenvalue weighted by Gasteiger charge is -2.58. The molecule has 6 saturated carbocycles. The monoisotopic (exact) mass is 805 g/mol. The first kappa shape index (κ1) is 40.9. The maximum absolute atomic E-state index is 15.7. The molecule has 0 spiro atoms. The van der Waals surface area contributed by atoms with Gasteiger partial charge in [0.25, 0.3) is 5.91 Å². The molecule has 8 heteroatoms. The average molecular weight is 806 g/mol. The second-order valence-electron chi connectivity index (χ2n) is 21.8. The summed E-state index contributed by atoms with van der Waals surface area (Å²) >= 11 is 0. The molecule has 9 aliphatic rings. The van der Waals surface area contributed by atoms with E-state index in [-0.39, 0.29) is 35.5 Å². The van der Waals surface area contributed by atoms with Crippen LogP contribution in [-0.2, 0) is 20.7 Å². The number of hydrogen-bond donors (Lipinski definition) is 2. The molecular formula is C51H67NO7. The maximum Gasteiger partial charge on any atom is 0.313 e. The van der Waals surface area contributed by atoms with Gasteiger partial charge in [-0.1, -0.05) is 44.6 Å². The van der Waals surface area contributed by atoms with Crippen LogP contribution in [0.4, 0.5) is 0 Å². The van der Waals surface area contributed by atoms with Crippen LogP contribution in [-0.4, -0.2) is 70.3 Å². The van der Waals surface area contributed by atoms with Crippen molar-refractivity contribution in [2.75, 3.05) is 20.2 Å². The van der Waals surface area contributed by atoms with Gasteiger partial charge in [-0.05, 0) is 181 Å². The third-order valence-corrected chi connectivity index (χ3v) is 18.1. The van der Waals surface area contributed by atoms with E-state index in [9.17, 15) is 19.8 Å². The molecule has 8 aliphatic carbocycles. The summed E-state index contributed by atoms with van der Waals surface area (Å²) in [6, 6.07) is 13.4. The van der Waals surface area contributed by atoms with Crippen molar-refractivity contribution < 1.29 is 34.1 Å². The number of carbonyl (C=O) groups excluding carboxylic acids is 3. The Morgan fingerprint density at radius 2 is 1.56 bits per heavy atom. The Hall–Kier alpha value is -3.49. The number of ether oxygens (including phenoxy) is 2. The van der Waals surface area contributed by atoms with E-state index in [0.717, 1.165) is 43.2 Å². The van der Waals surface area contributed by atoms with Crippen LogP contribution in [0.5, 0.6) is 5.75 Å². The number of aliphatic hydroxyl groups is 2. The van der Waals surface area contributed by atoms with E-state index in [1.54, 1.807) is 19.2 Å². The third-order valence-electron chi connectivity index (χ3n) is 18.1. The van der Waals surface area contributed by atoms with E-state index >= 15 is 4.79 Å². The summed E-state index contributed by atoms with van der Waals surface area (Å²) < 4.78 is 11.7. The maximum atomic E-state index is 15.7. The minimum Gasteiger partial charge on any atom is -0.497 e. The van der Waals surface area contributed by atoms with E-state index in [2.05, 4.69) is 32.1 Å². The lowest BCUT2D eigenvalue weighted by molar-refractivity contribution is -0.181. The van der Waals surface area contributed by atoms with Crippen molar-refractivity contribution in [3.05, 3.63) is 76.4 Å². The van der Waals surface area contributed by atoms with Crippen LogP contribution in [0.15, 0.2) is 54.1 Å². The highest BCUT2D eigenvalue weighted by atomic mass is 16.6. The molecule has 8 bridgehead atoms. The number of carbonyl (C=O) groups is 3. The first-order valence-electron chi connectivity index (χ1n) is 22.8. The number of nitrogens with zero attached hydrogens (tertiary/aromatic N) is 1. The summed E-state index contributed by atoms with van der Waals surface area (Å²) in [6.45, 7) is 11.1. The zero-order valence-electron chi connectivity index (χ0n) is 36.4. The molecule has 8 nitrogen and oxygen atoms in total. The molecule has 6 atom stereocenters. The van der Waals surface area contributed by atoms with Gasteiger partial charge in [-0.2, -0.15) is 0 Å². The Morgan fingerprint density at radius 3 is 2.17 bits per heavy atom. The standard InChI is InChI=1S/C51H67NO7/c1-32-8-7-18-47(4)42(40-16-10-33(25-38(53)13-9-32)26-41(40)43(54)37-11-14-39(58-6)15-12-37)17-19-50(47,57)31-52(30-49-27-34-22-35(28-49)24-36(23-34)29-49)44(55)51-21-20-48(5,45(56)59-51)46(51,2)3/h8,10-12,14-16,26,34-36,38,42,53,57H,7,9,13,17-25,27-31H2,1-6H3/t34?,35?,36?,38-,42-,47-,48-,49?,50+,51+/m0/s1. The van der Waals surface area contributed by atoms with Crippen LogP contribution in [0.2, 0.25) is 0 Å². The van der Waals surface area contributed by atoms with Crippen LogP contribution in [0.1, 0.15) is 157 Å². The molecule has 7 fully saturated rings. The first-order chi connectivity index (χ1) is 27.9. The lowest BCUT2D eigenvalue weighted by Crippen LogP contribution is -2.63. The third kappa shape index (κ3) is 6.38. The number of methoxy groups -OCH3 is 1. The van der Waals surface area contributed by atoms with Crippen molar-refractivity contribution in [1.82, 2.24) is 4.90 Å². The van der Waals surface area contributed by atoms with Gasteiger partial charge in [0, 0.05) is 28.5 Å². The topological polar surface area (TPSA) is 113 Å². The number of fused-ring (bicyclic) bond motifs is 10. The van der Waals surface area contributed by atoms with Gasteiger partial charge < -0.3 is 24.6 Å². The van der Waals surface area contributed by atoms with E-state index in [1.165, 1.54) is 24.8 Å². The summed E-state index contributed by atoms with van der Waals surface area (Å²) in [4.78, 5) is 46.0. The van der Waals surface area contributed by atoms with Crippen molar-refractivity contribution in [2.45, 2.75) is 154 Å². The van der Waals surface area contributed by atoms with Gasteiger partial charge in [0.05, 0.1) is 30.8 Å². The quantitative estimate of drug-likeness (QED) is 0.156. The smallest absolute Gasteiger partial charge is 0.313 e. The Morgan fingerprint density at radius 1 is 0.881 bits per heavy atom. The summed E-state index contributed by atoms with van der Waals surface area (Å²) in [6.07, 6.45) is 14.5. The van der Waals surface area contributed by atoms with Crippen LogP contribution in [0.3, 0.4) is 0 Å². The highest BCUT2D eigenvalue weighted by Gasteiger charge is 2.76. The SMILES string of the molecule is COc1ccc(C(=O)c2cc3ccc2[C@@H]2CC[C@@](O)(CN(CC45CC6CC(CC(C6)C4)C5)C(=O)[C@@]45CC[C@@](C)(C(=O)O4)C5(C)C)[C@@]2(C)CCC=C(C)CC[C@H](O)C3)cc1. The molecule has 1 saturated heterocycles. The Kier molecular flexibility index (Phi) is 9.90. The lowest BCUT2D eigenvalue weighted by atomic mass is 9.49.